The molecule has 1 aliphatic rings. The smallest absolute Gasteiger partial charge is 0.241 e. The van der Waals surface area contributed by atoms with Crippen LogP contribution < -0.4 is 15.8 Å². The predicted octanol–water partition coefficient (Wildman–Crippen LogP) is 3.07. The van der Waals surface area contributed by atoms with Crippen LogP contribution in [-0.2, 0) is 4.79 Å². The van der Waals surface area contributed by atoms with E-state index in [2.05, 4.69) is 5.32 Å². The summed E-state index contributed by atoms with van der Waals surface area (Å²) in [5, 5.41) is 2.85. The molecule has 1 aliphatic carbocycles. The van der Waals surface area contributed by atoms with Crippen LogP contribution in [0, 0.1) is 0 Å². The van der Waals surface area contributed by atoms with E-state index in [4.69, 9.17) is 10.5 Å². The van der Waals surface area contributed by atoms with Crippen molar-refractivity contribution in [2.75, 3.05) is 5.32 Å². The maximum absolute atomic E-state index is 11.9. The van der Waals surface area contributed by atoms with Gasteiger partial charge in [-0.05, 0) is 44.2 Å². The van der Waals surface area contributed by atoms with Gasteiger partial charge in [-0.15, -0.1) is 0 Å². The first-order valence-electron chi connectivity index (χ1n) is 7.52. The molecule has 20 heavy (non-hydrogen) atoms. The number of hydrogen-bond acceptors (Lipinski definition) is 3. The highest BCUT2D eigenvalue weighted by Gasteiger charge is 2.17. The number of rotatable bonds is 6. The van der Waals surface area contributed by atoms with Crippen LogP contribution in [0.25, 0.3) is 0 Å². The van der Waals surface area contributed by atoms with E-state index >= 15 is 0 Å². The van der Waals surface area contributed by atoms with Crippen molar-refractivity contribution in [3.63, 3.8) is 0 Å². The minimum atomic E-state index is -0.445. The Morgan fingerprint density at radius 2 is 2.20 bits per heavy atom. The first-order valence-corrected chi connectivity index (χ1v) is 7.52. The third kappa shape index (κ3) is 4.23. The number of hydrogen-bond donors (Lipinski definition) is 2. The number of anilines is 1. The van der Waals surface area contributed by atoms with E-state index in [-0.39, 0.29) is 5.91 Å². The number of nitrogens with two attached hydrogens (primary N) is 1. The highest BCUT2D eigenvalue weighted by molar-refractivity contribution is 5.94. The molecular weight excluding hydrogens is 252 g/mol. The number of benzene rings is 1. The van der Waals surface area contributed by atoms with Crippen LogP contribution in [0.15, 0.2) is 24.3 Å². The van der Waals surface area contributed by atoms with Crippen molar-refractivity contribution < 1.29 is 9.53 Å². The largest absolute Gasteiger partial charge is 0.490 e. The molecule has 1 atom stereocenters. The average Bonchev–Trinajstić information content (AvgIpc) is 2.92. The molecule has 0 heterocycles. The molecule has 3 N–H and O–H groups in total. The van der Waals surface area contributed by atoms with Crippen LogP contribution in [0.3, 0.4) is 0 Å². The normalized spacial score (nSPS) is 16.9. The Balaban J connectivity index is 1.93. The van der Waals surface area contributed by atoms with Gasteiger partial charge in [0.05, 0.1) is 12.1 Å². The van der Waals surface area contributed by atoms with E-state index in [1.165, 1.54) is 12.8 Å². The van der Waals surface area contributed by atoms with Crippen LogP contribution in [0.1, 0.15) is 45.4 Å². The molecule has 4 nitrogen and oxygen atoms in total. The van der Waals surface area contributed by atoms with Crippen LogP contribution >= 0.6 is 0 Å². The van der Waals surface area contributed by atoms with Crippen molar-refractivity contribution in [1.82, 2.24) is 0 Å². The second-order valence-corrected chi connectivity index (χ2v) is 5.44. The summed E-state index contributed by atoms with van der Waals surface area (Å²) in [5.74, 6) is 0.684. The zero-order valence-corrected chi connectivity index (χ0v) is 12.1. The molecule has 1 fully saturated rings. The first kappa shape index (κ1) is 14.9. The topological polar surface area (TPSA) is 64.4 Å². The molecule has 0 aromatic heterocycles. The molecule has 0 aliphatic heterocycles. The van der Waals surface area contributed by atoms with Gasteiger partial charge in [-0.2, -0.15) is 0 Å². The van der Waals surface area contributed by atoms with Gasteiger partial charge in [0.1, 0.15) is 5.75 Å². The van der Waals surface area contributed by atoms with Crippen molar-refractivity contribution in [2.24, 2.45) is 5.73 Å². The fourth-order valence-electron chi connectivity index (χ4n) is 2.52. The van der Waals surface area contributed by atoms with Gasteiger partial charge in [-0.1, -0.05) is 19.4 Å². The van der Waals surface area contributed by atoms with Crippen molar-refractivity contribution >= 4 is 11.6 Å². The Morgan fingerprint density at radius 3 is 2.90 bits per heavy atom. The lowest BCUT2D eigenvalue weighted by atomic mass is 10.1. The Labute approximate surface area is 120 Å². The summed E-state index contributed by atoms with van der Waals surface area (Å²) in [4.78, 5) is 11.9. The zero-order chi connectivity index (χ0) is 14.4. The summed E-state index contributed by atoms with van der Waals surface area (Å²) in [7, 11) is 0. The molecule has 0 bridgehead atoms. The van der Waals surface area contributed by atoms with E-state index in [0.717, 1.165) is 30.7 Å². The van der Waals surface area contributed by atoms with Crippen molar-refractivity contribution in [2.45, 2.75) is 57.6 Å². The van der Waals surface area contributed by atoms with E-state index in [1.54, 1.807) is 0 Å². The highest BCUT2D eigenvalue weighted by atomic mass is 16.5. The molecule has 0 radical (unpaired) electrons. The van der Waals surface area contributed by atoms with Gasteiger partial charge in [0.2, 0.25) is 5.91 Å². The van der Waals surface area contributed by atoms with Crippen molar-refractivity contribution in [3.05, 3.63) is 24.3 Å². The molecule has 1 aromatic rings. The number of carbonyl (C=O) groups is 1. The lowest BCUT2D eigenvalue weighted by molar-refractivity contribution is -0.117. The zero-order valence-electron chi connectivity index (χ0n) is 12.1. The quantitative estimate of drug-likeness (QED) is 0.839. The monoisotopic (exact) mass is 276 g/mol. The SMILES string of the molecule is CCCC(N)C(=O)Nc1cccc(OC2CCCC2)c1. The van der Waals surface area contributed by atoms with E-state index < -0.39 is 6.04 Å². The molecule has 1 unspecified atom stereocenters. The molecule has 1 amide bonds. The average molecular weight is 276 g/mol. The Kier molecular flexibility index (Phi) is 5.41. The summed E-state index contributed by atoms with van der Waals surface area (Å²) in [5.41, 5.74) is 6.55. The molecule has 2 rings (SSSR count). The lowest BCUT2D eigenvalue weighted by Gasteiger charge is -2.15. The molecule has 110 valence electrons. The maximum atomic E-state index is 11.9. The minimum absolute atomic E-state index is 0.134. The third-order valence-electron chi connectivity index (χ3n) is 3.64. The number of ether oxygens (including phenoxy) is 1. The summed E-state index contributed by atoms with van der Waals surface area (Å²) >= 11 is 0. The Morgan fingerprint density at radius 1 is 1.45 bits per heavy atom. The first-order chi connectivity index (χ1) is 9.69. The minimum Gasteiger partial charge on any atom is -0.490 e. The fourth-order valence-corrected chi connectivity index (χ4v) is 2.52. The molecular formula is C16H24N2O2. The molecule has 1 saturated carbocycles. The van der Waals surface area contributed by atoms with E-state index in [1.807, 2.05) is 31.2 Å². The second-order valence-electron chi connectivity index (χ2n) is 5.44. The van der Waals surface area contributed by atoms with Gasteiger partial charge < -0.3 is 15.8 Å². The van der Waals surface area contributed by atoms with Crippen LogP contribution in [0.2, 0.25) is 0 Å². The summed E-state index contributed by atoms with van der Waals surface area (Å²) in [6, 6.07) is 7.11. The number of nitrogens with one attached hydrogen (secondary N) is 1. The van der Waals surface area contributed by atoms with Gasteiger partial charge in [-0.3, -0.25) is 4.79 Å². The molecule has 0 saturated heterocycles. The Bertz CT molecular complexity index is 442. The second kappa shape index (κ2) is 7.29. The predicted molar refractivity (Wildman–Crippen MR) is 80.8 cm³/mol. The van der Waals surface area contributed by atoms with Crippen molar-refractivity contribution in [1.29, 1.82) is 0 Å². The fraction of sp³-hybridized carbons (Fsp3) is 0.562. The van der Waals surface area contributed by atoms with Crippen LogP contribution in [0.4, 0.5) is 5.69 Å². The van der Waals surface area contributed by atoms with E-state index in [9.17, 15) is 4.79 Å². The van der Waals surface area contributed by atoms with Crippen LogP contribution in [0.5, 0.6) is 5.75 Å². The molecule has 0 spiro atoms. The number of carbonyl (C=O) groups excluding carboxylic acids is 1. The third-order valence-corrected chi connectivity index (χ3v) is 3.64. The van der Waals surface area contributed by atoms with Gasteiger partial charge in [0.25, 0.3) is 0 Å². The van der Waals surface area contributed by atoms with E-state index in [0.29, 0.717) is 12.5 Å². The van der Waals surface area contributed by atoms with Gasteiger partial charge >= 0.3 is 0 Å². The summed E-state index contributed by atoms with van der Waals surface area (Å²) < 4.78 is 5.92. The number of amides is 1. The lowest BCUT2D eigenvalue weighted by Crippen LogP contribution is -2.35. The Hall–Kier alpha value is -1.55. The van der Waals surface area contributed by atoms with Gasteiger partial charge in [0.15, 0.2) is 0 Å². The van der Waals surface area contributed by atoms with Gasteiger partial charge in [0, 0.05) is 11.8 Å². The van der Waals surface area contributed by atoms with Crippen molar-refractivity contribution in [3.8, 4) is 5.75 Å². The molecule has 1 aromatic carbocycles. The van der Waals surface area contributed by atoms with Crippen LogP contribution in [-0.4, -0.2) is 18.1 Å². The van der Waals surface area contributed by atoms with Gasteiger partial charge in [-0.25, -0.2) is 0 Å². The summed E-state index contributed by atoms with van der Waals surface area (Å²) in [6.45, 7) is 2.02. The maximum Gasteiger partial charge on any atom is 0.241 e. The summed E-state index contributed by atoms with van der Waals surface area (Å²) in [6.07, 6.45) is 6.66. The highest BCUT2D eigenvalue weighted by Crippen LogP contribution is 2.25. The molecule has 4 heteroatoms. The standard InChI is InChI=1S/C16H24N2O2/c1-2-6-15(17)16(19)18-12-7-5-10-14(11-12)20-13-8-3-4-9-13/h5,7,10-11,13,15H,2-4,6,8-9,17H2,1H3,(H,18,19).